The molecule has 0 aliphatic carbocycles. The van der Waals surface area contributed by atoms with Crippen LogP contribution in [0.3, 0.4) is 0 Å². The van der Waals surface area contributed by atoms with Crippen LogP contribution in [0.25, 0.3) is 0 Å². The Labute approximate surface area is 124 Å². The molecular weight excluding hydrogens is 268 g/mol. The molecule has 0 fully saturated rings. The summed E-state index contributed by atoms with van der Waals surface area (Å²) in [4.78, 5) is 22.8. The smallest absolute Gasteiger partial charge is 0.314 e. The van der Waals surface area contributed by atoms with E-state index >= 15 is 0 Å². The van der Waals surface area contributed by atoms with Crippen LogP contribution in [0.5, 0.6) is 0 Å². The molecule has 3 N–H and O–H groups in total. The van der Waals surface area contributed by atoms with Gasteiger partial charge in [-0.2, -0.15) is 0 Å². The minimum atomic E-state index is -0.962. The lowest BCUT2D eigenvalue weighted by molar-refractivity contribution is -0.138. The number of carboxylic acid groups (broad SMARTS) is 1. The van der Waals surface area contributed by atoms with Crippen LogP contribution in [-0.4, -0.2) is 30.2 Å². The Kier molecular flexibility index (Phi) is 7.44. The van der Waals surface area contributed by atoms with Crippen molar-refractivity contribution in [3.8, 4) is 12.3 Å². The molecular formula is C16H20N2O3. The second-order valence-electron chi connectivity index (χ2n) is 4.60. The molecule has 21 heavy (non-hydrogen) atoms. The number of amides is 2. The summed E-state index contributed by atoms with van der Waals surface area (Å²) < 4.78 is 0. The fourth-order valence-electron chi connectivity index (χ4n) is 1.84. The van der Waals surface area contributed by atoms with E-state index in [4.69, 9.17) is 6.42 Å². The molecule has 0 radical (unpaired) electrons. The van der Waals surface area contributed by atoms with Gasteiger partial charge in [0.05, 0.1) is 5.92 Å². The molecule has 0 heterocycles. The Morgan fingerprint density at radius 1 is 1.19 bits per heavy atom. The molecule has 0 spiro atoms. The van der Waals surface area contributed by atoms with Crippen LogP contribution in [0, 0.1) is 12.3 Å². The van der Waals surface area contributed by atoms with Crippen LogP contribution in [0.15, 0.2) is 30.3 Å². The molecule has 1 aromatic rings. The number of unbranched alkanes of at least 4 members (excludes halogenated alkanes) is 2. The first-order valence-corrected chi connectivity index (χ1v) is 6.88. The lowest BCUT2D eigenvalue weighted by atomic mass is 9.99. The molecule has 1 rings (SSSR count). The Morgan fingerprint density at radius 3 is 2.52 bits per heavy atom. The standard InChI is InChI=1S/C16H20N2O3/c1-2-3-4-8-11-17-16(21)18-12-14(15(19)20)13-9-6-5-7-10-13/h1,5-7,9-10,14H,3-4,8,11-12H2,(H,19,20)(H2,17,18,21). The maximum Gasteiger partial charge on any atom is 0.314 e. The van der Waals surface area contributed by atoms with Crippen LogP contribution in [0.2, 0.25) is 0 Å². The van der Waals surface area contributed by atoms with E-state index in [0.29, 0.717) is 18.5 Å². The number of carbonyl (C=O) groups is 2. The first kappa shape index (κ1) is 16.6. The molecule has 5 heteroatoms. The van der Waals surface area contributed by atoms with E-state index in [2.05, 4.69) is 16.6 Å². The van der Waals surface area contributed by atoms with Gasteiger partial charge in [-0.15, -0.1) is 12.3 Å². The highest BCUT2D eigenvalue weighted by molar-refractivity contribution is 5.79. The Balaban J connectivity index is 2.36. The maximum atomic E-state index is 11.6. The lowest BCUT2D eigenvalue weighted by Crippen LogP contribution is -2.39. The van der Waals surface area contributed by atoms with Gasteiger partial charge in [-0.25, -0.2) is 4.79 Å². The van der Waals surface area contributed by atoms with Crippen molar-refractivity contribution in [3.05, 3.63) is 35.9 Å². The van der Waals surface area contributed by atoms with Gasteiger partial charge in [0, 0.05) is 19.5 Å². The highest BCUT2D eigenvalue weighted by atomic mass is 16.4. The number of benzene rings is 1. The third kappa shape index (κ3) is 6.48. The third-order valence-corrected chi connectivity index (χ3v) is 3.00. The summed E-state index contributed by atoms with van der Waals surface area (Å²) in [5.74, 6) is 0.819. The first-order valence-electron chi connectivity index (χ1n) is 6.88. The zero-order valence-electron chi connectivity index (χ0n) is 11.8. The Bertz CT molecular complexity index is 494. The SMILES string of the molecule is C#CCCCCNC(=O)NCC(C(=O)O)c1ccccc1. The molecule has 0 bridgehead atoms. The van der Waals surface area contributed by atoms with Gasteiger partial charge in [-0.3, -0.25) is 4.79 Å². The first-order chi connectivity index (χ1) is 10.1. The topological polar surface area (TPSA) is 78.4 Å². The van der Waals surface area contributed by atoms with E-state index in [1.165, 1.54) is 0 Å². The van der Waals surface area contributed by atoms with Crippen molar-refractivity contribution < 1.29 is 14.7 Å². The van der Waals surface area contributed by atoms with Crippen molar-refractivity contribution in [2.45, 2.75) is 25.2 Å². The number of aliphatic carboxylic acids is 1. The number of terminal acetylenes is 1. The predicted molar refractivity (Wildman–Crippen MR) is 80.9 cm³/mol. The average molecular weight is 288 g/mol. The van der Waals surface area contributed by atoms with E-state index in [1.807, 2.05) is 6.07 Å². The molecule has 5 nitrogen and oxygen atoms in total. The quantitative estimate of drug-likeness (QED) is 0.505. The maximum absolute atomic E-state index is 11.6. The van der Waals surface area contributed by atoms with Crippen LogP contribution in [-0.2, 0) is 4.79 Å². The minimum Gasteiger partial charge on any atom is -0.481 e. The largest absolute Gasteiger partial charge is 0.481 e. The summed E-state index contributed by atoms with van der Waals surface area (Å²) in [6.45, 7) is 0.576. The van der Waals surface area contributed by atoms with E-state index in [-0.39, 0.29) is 12.6 Å². The van der Waals surface area contributed by atoms with Crippen molar-refractivity contribution in [2.24, 2.45) is 0 Å². The molecule has 0 aromatic heterocycles. The second kappa shape index (κ2) is 9.43. The van der Waals surface area contributed by atoms with Crippen LogP contribution < -0.4 is 10.6 Å². The van der Waals surface area contributed by atoms with Crippen molar-refractivity contribution >= 4 is 12.0 Å². The van der Waals surface area contributed by atoms with Gasteiger partial charge in [0.2, 0.25) is 0 Å². The monoisotopic (exact) mass is 288 g/mol. The number of hydrogen-bond donors (Lipinski definition) is 3. The van der Waals surface area contributed by atoms with Crippen LogP contribution >= 0.6 is 0 Å². The zero-order valence-corrected chi connectivity index (χ0v) is 11.8. The van der Waals surface area contributed by atoms with Gasteiger partial charge in [0.15, 0.2) is 0 Å². The van der Waals surface area contributed by atoms with Crippen molar-refractivity contribution in [1.82, 2.24) is 10.6 Å². The van der Waals surface area contributed by atoms with Gasteiger partial charge < -0.3 is 15.7 Å². The summed E-state index contributed by atoms with van der Waals surface area (Å²) in [5, 5.41) is 14.5. The summed E-state index contributed by atoms with van der Waals surface area (Å²) in [5.41, 5.74) is 0.666. The number of urea groups is 1. The van der Waals surface area contributed by atoms with E-state index in [9.17, 15) is 14.7 Å². The third-order valence-electron chi connectivity index (χ3n) is 3.00. The number of carbonyl (C=O) groups excluding carboxylic acids is 1. The molecule has 1 aromatic carbocycles. The number of nitrogens with one attached hydrogen (secondary N) is 2. The average Bonchev–Trinajstić information content (AvgIpc) is 2.48. The molecule has 0 aliphatic heterocycles. The molecule has 112 valence electrons. The van der Waals surface area contributed by atoms with E-state index < -0.39 is 11.9 Å². The predicted octanol–water partition coefficient (Wildman–Crippen LogP) is 1.96. The van der Waals surface area contributed by atoms with Gasteiger partial charge in [-0.05, 0) is 18.4 Å². The molecule has 0 saturated carbocycles. The highest BCUT2D eigenvalue weighted by Gasteiger charge is 2.20. The Hall–Kier alpha value is -2.48. The summed E-state index contributed by atoms with van der Waals surface area (Å²) in [6, 6.07) is 8.47. The lowest BCUT2D eigenvalue weighted by Gasteiger charge is -2.14. The summed E-state index contributed by atoms with van der Waals surface area (Å²) >= 11 is 0. The van der Waals surface area contributed by atoms with Gasteiger partial charge in [0.1, 0.15) is 0 Å². The fraction of sp³-hybridized carbons (Fsp3) is 0.375. The molecule has 1 unspecified atom stereocenters. The molecule has 0 saturated heterocycles. The normalized spacial score (nSPS) is 11.2. The van der Waals surface area contributed by atoms with Crippen molar-refractivity contribution in [3.63, 3.8) is 0 Å². The summed E-state index contributed by atoms with van der Waals surface area (Å²) in [6.07, 6.45) is 7.49. The van der Waals surface area contributed by atoms with E-state index in [1.54, 1.807) is 24.3 Å². The van der Waals surface area contributed by atoms with Gasteiger partial charge >= 0.3 is 12.0 Å². The number of rotatable bonds is 8. The van der Waals surface area contributed by atoms with Gasteiger partial charge in [0.25, 0.3) is 0 Å². The highest BCUT2D eigenvalue weighted by Crippen LogP contribution is 2.14. The van der Waals surface area contributed by atoms with Crippen LogP contribution in [0.1, 0.15) is 30.7 Å². The molecule has 0 aliphatic rings. The van der Waals surface area contributed by atoms with Crippen molar-refractivity contribution in [1.29, 1.82) is 0 Å². The molecule has 2 amide bonds. The van der Waals surface area contributed by atoms with E-state index in [0.717, 1.165) is 12.8 Å². The second-order valence-corrected chi connectivity index (χ2v) is 4.60. The van der Waals surface area contributed by atoms with Gasteiger partial charge in [-0.1, -0.05) is 30.3 Å². The fourth-order valence-corrected chi connectivity index (χ4v) is 1.84. The minimum absolute atomic E-state index is 0.0511. The number of carboxylic acids is 1. The summed E-state index contributed by atoms with van der Waals surface area (Å²) in [7, 11) is 0. The van der Waals surface area contributed by atoms with Crippen LogP contribution in [0.4, 0.5) is 4.79 Å². The molecule has 1 atom stereocenters. The Morgan fingerprint density at radius 2 is 1.90 bits per heavy atom. The number of hydrogen-bond acceptors (Lipinski definition) is 2. The van der Waals surface area contributed by atoms with Crippen molar-refractivity contribution in [2.75, 3.05) is 13.1 Å². The zero-order chi connectivity index (χ0) is 15.5.